The number of rotatable bonds is 6. The lowest BCUT2D eigenvalue weighted by molar-refractivity contribution is -0.132. The van der Waals surface area contributed by atoms with Crippen LogP contribution in [0.15, 0.2) is 33.9 Å². The highest BCUT2D eigenvalue weighted by Gasteiger charge is 2.25. The first-order valence-corrected chi connectivity index (χ1v) is 9.85. The Balaban J connectivity index is 0.00000225. The number of aryl methyl sites for hydroxylation is 1. The zero-order chi connectivity index (χ0) is 18.8. The molecule has 2 aromatic rings. The predicted molar refractivity (Wildman–Crippen MR) is 111 cm³/mol. The fourth-order valence-corrected chi connectivity index (χ4v) is 3.82. The van der Waals surface area contributed by atoms with Crippen LogP contribution in [-0.4, -0.2) is 46.0 Å². The summed E-state index contributed by atoms with van der Waals surface area (Å²) in [4.78, 5) is 40.9. The lowest BCUT2D eigenvalue weighted by Gasteiger charge is -2.32. The van der Waals surface area contributed by atoms with Gasteiger partial charge in [0.05, 0.1) is 10.9 Å². The minimum atomic E-state index is -0.463. The first kappa shape index (κ1) is 20.6. The topological polar surface area (TPSA) is 87.2 Å². The number of fused-ring (bicyclic) bond motifs is 1. The molecule has 7 nitrogen and oxygen atoms in total. The molecule has 1 saturated carbocycles. The molecule has 2 fully saturated rings. The van der Waals surface area contributed by atoms with Gasteiger partial charge in [0.25, 0.3) is 5.56 Å². The molecule has 4 rings (SSSR count). The number of benzene rings is 1. The number of likely N-dealkylation sites (tertiary alicyclic amines) is 1. The van der Waals surface area contributed by atoms with Crippen molar-refractivity contribution in [2.75, 3.05) is 19.6 Å². The molecule has 28 heavy (non-hydrogen) atoms. The van der Waals surface area contributed by atoms with Crippen molar-refractivity contribution in [1.82, 2.24) is 19.8 Å². The lowest BCUT2D eigenvalue weighted by Crippen LogP contribution is -2.45. The lowest BCUT2D eigenvalue weighted by atomic mass is 10.0. The van der Waals surface area contributed by atoms with E-state index < -0.39 is 5.69 Å². The third kappa shape index (κ3) is 4.64. The summed E-state index contributed by atoms with van der Waals surface area (Å²) in [5.41, 5.74) is -0.282. The third-order valence-electron chi connectivity index (χ3n) is 5.69. The first-order valence-electron chi connectivity index (χ1n) is 9.85. The van der Waals surface area contributed by atoms with Crippen LogP contribution in [0, 0.1) is 5.92 Å². The molecule has 0 spiro atoms. The molecule has 1 aliphatic carbocycles. The summed E-state index contributed by atoms with van der Waals surface area (Å²) >= 11 is 0. The average molecular weight is 407 g/mol. The Kier molecular flexibility index (Phi) is 6.57. The van der Waals surface area contributed by atoms with Gasteiger partial charge >= 0.3 is 5.69 Å². The standard InChI is InChI=1S/C20H26N4O3.ClH/c25-18(23-10-7-15(8-11-23)21-13-14-5-6-14)9-12-24-17-4-2-1-3-16(17)19(26)22-20(24)27;/h1-4,14-15,21H,5-13H2,(H,22,26,27);1H. The highest BCUT2D eigenvalue weighted by atomic mass is 35.5. The number of nitrogens with zero attached hydrogens (tertiary/aromatic N) is 2. The zero-order valence-electron chi connectivity index (χ0n) is 15.9. The summed E-state index contributed by atoms with van der Waals surface area (Å²) in [5.74, 6) is 0.938. The molecule has 0 unspecified atom stereocenters. The number of carbonyl (C=O) groups excluding carboxylic acids is 1. The van der Waals surface area contributed by atoms with Gasteiger partial charge in [-0.15, -0.1) is 12.4 Å². The summed E-state index contributed by atoms with van der Waals surface area (Å²) < 4.78 is 1.48. The van der Waals surface area contributed by atoms with Crippen molar-refractivity contribution < 1.29 is 4.79 Å². The Morgan fingerprint density at radius 3 is 2.54 bits per heavy atom. The van der Waals surface area contributed by atoms with E-state index in [9.17, 15) is 14.4 Å². The predicted octanol–water partition coefficient (Wildman–Crippen LogP) is 1.49. The van der Waals surface area contributed by atoms with E-state index in [-0.39, 0.29) is 36.8 Å². The number of amides is 1. The van der Waals surface area contributed by atoms with Gasteiger partial charge in [0.15, 0.2) is 0 Å². The van der Waals surface area contributed by atoms with E-state index in [1.165, 1.54) is 17.4 Å². The monoisotopic (exact) mass is 406 g/mol. The molecule has 0 bridgehead atoms. The Labute approximate surface area is 169 Å². The van der Waals surface area contributed by atoms with Crippen LogP contribution in [0.3, 0.4) is 0 Å². The smallest absolute Gasteiger partial charge is 0.328 e. The molecule has 1 saturated heterocycles. The molecular weight excluding hydrogens is 380 g/mol. The van der Waals surface area contributed by atoms with E-state index >= 15 is 0 Å². The SMILES string of the molecule is Cl.O=C(CCn1c(=O)[nH]c(=O)c2ccccc21)N1CCC(NCC2CC2)CC1. The van der Waals surface area contributed by atoms with Crippen LogP contribution in [-0.2, 0) is 11.3 Å². The highest BCUT2D eigenvalue weighted by Crippen LogP contribution is 2.28. The maximum atomic E-state index is 12.6. The van der Waals surface area contributed by atoms with Gasteiger partial charge in [-0.1, -0.05) is 12.1 Å². The molecule has 2 N–H and O–H groups in total. The van der Waals surface area contributed by atoms with Crippen molar-refractivity contribution in [1.29, 1.82) is 0 Å². The average Bonchev–Trinajstić information content (AvgIpc) is 3.51. The minimum absolute atomic E-state index is 0. The number of piperidine rings is 1. The molecule has 1 amide bonds. The number of carbonyl (C=O) groups is 1. The molecule has 2 aliphatic rings. The second kappa shape index (κ2) is 8.92. The second-order valence-corrected chi connectivity index (χ2v) is 7.68. The van der Waals surface area contributed by atoms with Gasteiger partial charge in [0.1, 0.15) is 0 Å². The van der Waals surface area contributed by atoms with E-state index in [0.29, 0.717) is 16.9 Å². The second-order valence-electron chi connectivity index (χ2n) is 7.68. The van der Waals surface area contributed by atoms with Crippen LogP contribution in [0.5, 0.6) is 0 Å². The Morgan fingerprint density at radius 2 is 1.82 bits per heavy atom. The van der Waals surface area contributed by atoms with Crippen LogP contribution in [0.1, 0.15) is 32.1 Å². The van der Waals surface area contributed by atoms with E-state index in [0.717, 1.165) is 38.4 Å². The summed E-state index contributed by atoms with van der Waals surface area (Å²) in [5, 5.41) is 4.08. The van der Waals surface area contributed by atoms with Gasteiger partial charge in [-0.2, -0.15) is 0 Å². The van der Waals surface area contributed by atoms with Crippen LogP contribution in [0.2, 0.25) is 0 Å². The minimum Gasteiger partial charge on any atom is -0.343 e. The quantitative estimate of drug-likeness (QED) is 0.760. The van der Waals surface area contributed by atoms with E-state index in [1.54, 1.807) is 24.3 Å². The Morgan fingerprint density at radius 1 is 1.11 bits per heavy atom. The highest BCUT2D eigenvalue weighted by molar-refractivity contribution is 5.85. The van der Waals surface area contributed by atoms with Crippen molar-refractivity contribution in [3.05, 3.63) is 45.1 Å². The molecule has 0 atom stereocenters. The molecule has 1 aromatic heterocycles. The summed E-state index contributed by atoms with van der Waals surface area (Å²) in [7, 11) is 0. The number of hydrogen-bond donors (Lipinski definition) is 2. The molecule has 152 valence electrons. The number of aromatic amines is 1. The molecular formula is C20H27ClN4O3. The van der Waals surface area contributed by atoms with Crippen molar-refractivity contribution in [2.45, 2.75) is 44.7 Å². The third-order valence-corrected chi connectivity index (χ3v) is 5.69. The molecule has 8 heteroatoms. The molecule has 1 aliphatic heterocycles. The largest absolute Gasteiger partial charge is 0.343 e. The van der Waals surface area contributed by atoms with Crippen LogP contribution >= 0.6 is 12.4 Å². The van der Waals surface area contributed by atoms with Gasteiger partial charge in [-0.3, -0.25) is 19.1 Å². The molecule has 0 radical (unpaired) electrons. The van der Waals surface area contributed by atoms with Crippen molar-refractivity contribution >= 4 is 29.2 Å². The van der Waals surface area contributed by atoms with Gasteiger partial charge in [-0.25, -0.2) is 4.79 Å². The van der Waals surface area contributed by atoms with Gasteiger partial charge in [0.2, 0.25) is 5.91 Å². The van der Waals surface area contributed by atoms with Crippen molar-refractivity contribution in [2.24, 2.45) is 5.92 Å². The molecule has 1 aromatic carbocycles. The van der Waals surface area contributed by atoms with E-state index in [4.69, 9.17) is 0 Å². The number of halogens is 1. The van der Waals surface area contributed by atoms with Gasteiger partial charge < -0.3 is 10.2 Å². The van der Waals surface area contributed by atoms with E-state index in [2.05, 4.69) is 10.3 Å². The van der Waals surface area contributed by atoms with Crippen LogP contribution in [0.25, 0.3) is 10.9 Å². The summed E-state index contributed by atoms with van der Waals surface area (Å²) in [6.45, 7) is 2.92. The van der Waals surface area contributed by atoms with Gasteiger partial charge in [-0.05, 0) is 50.3 Å². The number of hydrogen-bond acceptors (Lipinski definition) is 4. The Hall–Kier alpha value is -2.12. The summed E-state index contributed by atoms with van der Waals surface area (Å²) in [6, 6.07) is 7.50. The van der Waals surface area contributed by atoms with Crippen molar-refractivity contribution in [3.63, 3.8) is 0 Å². The molecule has 2 heterocycles. The number of para-hydroxylation sites is 1. The normalized spacial score (nSPS) is 17.5. The first-order chi connectivity index (χ1) is 13.1. The maximum Gasteiger partial charge on any atom is 0.328 e. The number of H-pyrrole nitrogens is 1. The van der Waals surface area contributed by atoms with E-state index in [1.807, 2.05) is 4.90 Å². The van der Waals surface area contributed by atoms with Gasteiger partial charge in [0, 0.05) is 32.1 Å². The van der Waals surface area contributed by atoms with Crippen LogP contribution < -0.4 is 16.6 Å². The fraction of sp³-hybridized carbons (Fsp3) is 0.550. The summed E-state index contributed by atoms with van der Waals surface area (Å²) in [6.07, 6.45) is 4.93. The number of aromatic nitrogens is 2. The zero-order valence-corrected chi connectivity index (χ0v) is 16.7. The fourth-order valence-electron chi connectivity index (χ4n) is 3.82. The van der Waals surface area contributed by atoms with Crippen molar-refractivity contribution in [3.8, 4) is 0 Å². The number of nitrogens with one attached hydrogen (secondary N) is 2. The van der Waals surface area contributed by atoms with Crippen LogP contribution in [0.4, 0.5) is 0 Å². The Bertz CT molecular complexity index is 942. The maximum absolute atomic E-state index is 12.6.